The van der Waals surface area contributed by atoms with Gasteiger partial charge in [0.05, 0.1) is 24.3 Å². The van der Waals surface area contributed by atoms with Crippen LogP contribution in [0.25, 0.3) is 0 Å². The molecular formula is C24H24ClF2N3O3. The minimum absolute atomic E-state index is 0.0252. The van der Waals surface area contributed by atoms with Gasteiger partial charge in [0.25, 0.3) is 5.91 Å². The van der Waals surface area contributed by atoms with E-state index in [1.54, 1.807) is 17.0 Å². The van der Waals surface area contributed by atoms with Gasteiger partial charge in [-0.2, -0.15) is 0 Å². The molecule has 2 amide bonds. The van der Waals surface area contributed by atoms with Gasteiger partial charge in [-0.05, 0) is 56.9 Å². The molecular weight excluding hydrogens is 452 g/mol. The number of aromatic nitrogens is 1. The van der Waals surface area contributed by atoms with Crippen LogP contribution in [-0.2, 0) is 9.53 Å². The SMILES string of the molecule is Cc1cc(C(=O)N2[C@@H](C(=O)N[C@@H](c3cc(F)c(Cl)cc3F)C3COC3)C[C@H]3C[C@H]32)cc(C)n1. The Bertz CT molecular complexity index is 1120. The fourth-order valence-corrected chi connectivity index (χ4v) is 5.16. The van der Waals surface area contributed by atoms with Crippen molar-refractivity contribution in [3.63, 3.8) is 0 Å². The largest absolute Gasteiger partial charge is 0.381 e. The van der Waals surface area contributed by atoms with Crippen LogP contribution in [0, 0.1) is 37.3 Å². The van der Waals surface area contributed by atoms with E-state index in [2.05, 4.69) is 10.3 Å². The van der Waals surface area contributed by atoms with Crippen LogP contribution in [0.1, 0.15) is 46.2 Å². The third-order valence-corrected chi connectivity index (χ3v) is 7.07. The Labute approximate surface area is 195 Å². The topological polar surface area (TPSA) is 71.5 Å². The fraction of sp³-hybridized carbons (Fsp3) is 0.458. The lowest BCUT2D eigenvalue weighted by Crippen LogP contribution is -2.51. The van der Waals surface area contributed by atoms with Crippen molar-refractivity contribution in [2.45, 2.75) is 44.8 Å². The van der Waals surface area contributed by atoms with Gasteiger partial charge < -0.3 is 15.0 Å². The zero-order valence-corrected chi connectivity index (χ0v) is 19.0. The molecule has 3 fully saturated rings. The Morgan fingerprint density at radius 3 is 2.45 bits per heavy atom. The van der Waals surface area contributed by atoms with Crippen molar-refractivity contribution in [3.05, 3.63) is 63.4 Å². The second-order valence-electron chi connectivity index (χ2n) is 9.24. The number of aryl methyl sites for hydroxylation is 2. The highest BCUT2D eigenvalue weighted by Gasteiger charge is 2.56. The van der Waals surface area contributed by atoms with Gasteiger partial charge in [-0.25, -0.2) is 8.78 Å². The van der Waals surface area contributed by atoms with Crippen LogP contribution in [0.5, 0.6) is 0 Å². The molecule has 2 saturated heterocycles. The molecule has 1 aromatic heterocycles. The van der Waals surface area contributed by atoms with Gasteiger partial charge in [0.1, 0.15) is 17.7 Å². The molecule has 174 valence electrons. The van der Waals surface area contributed by atoms with Crippen molar-refractivity contribution in [1.82, 2.24) is 15.2 Å². The minimum Gasteiger partial charge on any atom is -0.381 e. The van der Waals surface area contributed by atoms with Crippen LogP contribution in [0.15, 0.2) is 24.3 Å². The predicted octanol–water partition coefficient (Wildman–Crippen LogP) is 3.74. The maximum atomic E-state index is 14.7. The van der Waals surface area contributed by atoms with Crippen molar-refractivity contribution < 1.29 is 23.1 Å². The number of pyridine rings is 1. The average Bonchev–Trinajstić information content (AvgIpc) is 3.37. The minimum atomic E-state index is -0.780. The molecule has 1 saturated carbocycles. The van der Waals surface area contributed by atoms with Crippen molar-refractivity contribution in [1.29, 1.82) is 0 Å². The Hall–Kier alpha value is -2.58. The van der Waals surface area contributed by atoms with Gasteiger partial charge in [-0.1, -0.05) is 11.6 Å². The number of ether oxygens (including phenoxy) is 1. The summed E-state index contributed by atoms with van der Waals surface area (Å²) in [7, 11) is 0. The zero-order valence-electron chi connectivity index (χ0n) is 18.3. The lowest BCUT2D eigenvalue weighted by atomic mass is 9.90. The second kappa shape index (κ2) is 8.33. The number of carbonyl (C=O) groups excluding carboxylic acids is 2. The van der Waals surface area contributed by atoms with Gasteiger partial charge in [-0.3, -0.25) is 14.6 Å². The molecule has 1 aromatic carbocycles. The summed E-state index contributed by atoms with van der Waals surface area (Å²) in [4.78, 5) is 32.7. The summed E-state index contributed by atoms with van der Waals surface area (Å²) in [5, 5.41) is 2.57. The highest BCUT2D eigenvalue weighted by atomic mass is 35.5. The average molecular weight is 476 g/mol. The molecule has 3 heterocycles. The number of nitrogens with one attached hydrogen (secondary N) is 1. The molecule has 1 N–H and O–H groups in total. The molecule has 6 nitrogen and oxygen atoms in total. The van der Waals surface area contributed by atoms with Crippen LogP contribution in [0.3, 0.4) is 0 Å². The predicted molar refractivity (Wildman–Crippen MR) is 117 cm³/mol. The highest BCUT2D eigenvalue weighted by molar-refractivity contribution is 6.30. The number of hydrogen-bond donors (Lipinski definition) is 1. The number of benzene rings is 1. The normalized spacial score (nSPS) is 24.8. The Kier molecular flexibility index (Phi) is 5.61. The van der Waals surface area contributed by atoms with Gasteiger partial charge >= 0.3 is 0 Å². The molecule has 2 aromatic rings. The van der Waals surface area contributed by atoms with E-state index in [1.165, 1.54) is 0 Å². The van der Waals surface area contributed by atoms with Crippen LogP contribution in [0.4, 0.5) is 8.78 Å². The molecule has 1 aliphatic carbocycles. The first-order chi connectivity index (χ1) is 15.7. The summed E-state index contributed by atoms with van der Waals surface area (Å²) in [5.41, 5.74) is 1.99. The smallest absolute Gasteiger partial charge is 0.254 e. The van der Waals surface area contributed by atoms with E-state index in [4.69, 9.17) is 16.3 Å². The first-order valence-corrected chi connectivity index (χ1v) is 11.4. The molecule has 2 aliphatic heterocycles. The molecule has 4 atom stereocenters. The van der Waals surface area contributed by atoms with Crippen LogP contribution in [0.2, 0.25) is 5.02 Å². The zero-order chi connectivity index (χ0) is 23.4. The monoisotopic (exact) mass is 475 g/mol. The number of halogens is 3. The molecule has 0 spiro atoms. The standard InChI is InChI=1S/C24H24ClF2N3O3/c1-11-3-14(4-12(2)28-11)24(32)30-20-5-13(20)6-21(30)23(31)29-22(15-9-33-10-15)16-7-19(27)17(25)8-18(16)26/h3-4,7-8,13,15,20-22H,5-6,9-10H2,1-2H3,(H,29,31)/t13-,20-,21-,22-/m1/s1. The highest BCUT2D eigenvalue weighted by Crippen LogP contribution is 2.48. The molecule has 33 heavy (non-hydrogen) atoms. The number of fused-ring (bicyclic) bond motifs is 1. The summed E-state index contributed by atoms with van der Waals surface area (Å²) < 4.78 is 34.0. The maximum absolute atomic E-state index is 14.7. The molecule has 0 bridgehead atoms. The van der Waals surface area contributed by atoms with Crippen molar-refractivity contribution >= 4 is 23.4 Å². The number of amides is 2. The first-order valence-electron chi connectivity index (χ1n) is 11.0. The van der Waals surface area contributed by atoms with Gasteiger partial charge in [0.2, 0.25) is 5.91 Å². The summed E-state index contributed by atoms with van der Waals surface area (Å²) in [6.45, 7) is 4.29. The number of rotatable bonds is 5. The van der Waals surface area contributed by atoms with Crippen molar-refractivity contribution in [2.75, 3.05) is 13.2 Å². The lowest BCUT2D eigenvalue weighted by molar-refractivity contribution is -0.128. The fourth-order valence-electron chi connectivity index (χ4n) is 5.01. The quantitative estimate of drug-likeness (QED) is 0.669. The number of nitrogens with zero attached hydrogens (tertiary/aromatic N) is 2. The molecule has 5 rings (SSSR count). The molecule has 3 aliphatic rings. The van der Waals surface area contributed by atoms with Crippen LogP contribution >= 0.6 is 11.6 Å². The van der Waals surface area contributed by atoms with Crippen molar-refractivity contribution in [2.24, 2.45) is 11.8 Å². The Morgan fingerprint density at radius 2 is 1.82 bits per heavy atom. The van der Waals surface area contributed by atoms with E-state index in [1.807, 2.05) is 13.8 Å². The van der Waals surface area contributed by atoms with Crippen molar-refractivity contribution in [3.8, 4) is 0 Å². The number of hydrogen-bond acceptors (Lipinski definition) is 4. The van der Waals surface area contributed by atoms with E-state index in [0.29, 0.717) is 25.2 Å². The van der Waals surface area contributed by atoms with Crippen LogP contribution in [-0.4, -0.2) is 47.0 Å². The van der Waals surface area contributed by atoms with E-state index in [-0.39, 0.29) is 40.3 Å². The summed E-state index contributed by atoms with van der Waals surface area (Å²) in [6.07, 6.45) is 1.42. The number of piperidine rings is 1. The van der Waals surface area contributed by atoms with E-state index in [9.17, 15) is 18.4 Å². The van der Waals surface area contributed by atoms with E-state index in [0.717, 1.165) is 29.9 Å². The summed E-state index contributed by atoms with van der Waals surface area (Å²) >= 11 is 5.71. The molecule has 9 heteroatoms. The van der Waals surface area contributed by atoms with Crippen LogP contribution < -0.4 is 5.32 Å². The third-order valence-electron chi connectivity index (χ3n) is 6.78. The Balaban J connectivity index is 1.40. The third kappa shape index (κ3) is 4.10. The van der Waals surface area contributed by atoms with Gasteiger partial charge in [-0.15, -0.1) is 0 Å². The molecule has 0 unspecified atom stereocenters. The number of likely N-dealkylation sites (tertiary alicyclic amines) is 1. The second-order valence-corrected chi connectivity index (χ2v) is 9.64. The first kappa shape index (κ1) is 22.2. The lowest BCUT2D eigenvalue weighted by Gasteiger charge is -2.36. The summed E-state index contributed by atoms with van der Waals surface area (Å²) in [6, 6.07) is 3.96. The van der Waals surface area contributed by atoms with Gasteiger partial charge in [0.15, 0.2) is 0 Å². The molecule has 0 radical (unpaired) electrons. The number of carbonyl (C=O) groups is 2. The maximum Gasteiger partial charge on any atom is 0.254 e. The van der Waals surface area contributed by atoms with E-state index < -0.39 is 23.7 Å². The van der Waals surface area contributed by atoms with Gasteiger partial charge in [0, 0.05) is 34.5 Å². The Morgan fingerprint density at radius 1 is 1.12 bits per heavy atom. The van der Waals surface area contributed by atoms with E-state index >= 15 is 0 Å². The summed E-state index contributed by atoms with van der Waals surface area (Å²) in [5.74, 6) is -1.94.